The first-order valence-corrected chi connectivity index (χ1v) is 2.47. The molecular formula is C3H9ClN2OS. The van der Waals surface area contributed by atoms with Crippen molar-refractivity contribution in [1.82, 2.24) is 0 Å². The van der Waals surface area contributed by atoms with E-state index in [0.717, 1.165) is 0 Å². The van der Waals surface area contributed by atoms with E-state index in [2.05, 4.69) is 12.6 Å². The van der Waals surface area contributed by atoms with Crippen LogP contribution in [0.4, 0.5) is 0 Å². The average molecular weight is 157 g/mol. The summed E-state index contributed by atoms with van der Waals surface area (Å²) in [6, 6.07) is -0.594. The van der Waals surface area contributed by atoms with E-state index in [1.165, 1.54) is 0 Å². The predicted molar refractivity (Wildman–Crippen MR) is 38.3 cm³/mol. The van der Waals surface area contributed by atoms with Crippen molar-refractivity contribution >= 4 is 30.9 Å². The van der Waals surface area contributed by atoms with Gasteiger partial charge in [-0.15, -0.1) is 12.4 Å². The van der Waals surface area contributed by atoms with E-state index in [1.54, 1.807) is 0 Å². The topological polar surface area (TPSA) is 69.1 Å². The summed E-state index contributed by atoms with van der Waals surface area (Å²) in [6.07, 6.45) is 0. The zero-order valence-electron chi connectivity index (χ0n) is 4.20. The molecule has 0 aliphatic rings. The molecule has 1 unspecified atom stereocenters. The standard InChI is InChI=1S/C3H8N2OS.ClH/c4-2(1-7)3(5)6;/h2,7H,1,4H2,(H2,5,6);1H. The maximum atomic E-state index is 9.98. The van der Waals surface area contributed by atoms with Crippen molar-refractivity contribution in [3.05, 3.63) is 0 Å². The van der Waals surface area contributed by atoms with E-state index in [4.69, 9.17) is 11.5 Å². The van der Waals surface area contributed by atoms with Gasteiger partial charge in [-0.3, -0.25) is 4.79 Å². The van der Waals surface area contributed by atoms with E-state index < -0.39 is 11.9 Å². The number of nitrogens with two attached hydrogens (primary N) is 2. The van der Waals surface area contributed by atoms with Gasteiger partial charge in [0.15, 0.2) is 0 Å². The quantitative estimate of drug-likeness (QED) is 0.456. The number of hydrogen-bond acceptors (Lipinski definition) is 3. The van der Waals surface area contributed by atoms with Crippen LogP contribution < -0.4 is 11.5 Å². The number of carbonyl (C=O) groups excluding carboxylic acids is 1. The van der Waals surface area contributed by atoms with Crippen LogP contribution in [-0.4, -0.2) is 17.7 Å². The predicted octanol–water partition coefficient (Wildman–Crippen LogP) is -0.849. The van der Waals surface area contributed by atoms with Crippen molar-refractivity contribution in [2.45, 2.75) is 6.04 Å². The molecule has 1 atom stereocenters. The van der Waals surface area contributed by atoms with Crippen molar-refractivity contribution in [1.29, 1.82) is 0 Å². The number of thiol groups is 1. The first-order chi connectivity index (χ1) is 3.18. The second-order valence-corrected chi connectivity index (χ2v) is 1.56. The SMILES string of the molecule is Cl.NC(=O)C(N)CS. The molecule has 0 fully saturated rings. The van der Waals surface area contributed by atoms with E-state index in [0.29, 0.717) is 5.75 Å². The number of primary amides is 1. The van der Waals surface area contributed by atoms with Crippen LogP contribution in [0.25, 0.3) is 0 Å². The smallest absolute Gasteiger partial charge is 0.235 e. The van der Waals surface area contributed by atoms with Gasteiger partial charge < -0.3 is 11.5 Å². The Hall–Kier alpha value is 0.0700. The third kappa shape index (κ3) is 4.23. The Morgan fingerprint density at radius 1 is 1.75 bits per heavy atom. The molecule has 1 amide bonds. The van der Waals surface area contributed by atoms with E-state index in [-0.39, 0.29) is 12.4 Å². The highest BCUT2D eigenvalue weighted by Crippen LogP contribution is 1.77. The third-order valence-corrected chi connectivity index (χ3v) is 0.956. The Bertz CT molecular complexity index is 79.7. The van der Waals surface area contributed by atoms with Gasteiger partial charge in [-0.1, -0.05) is 0 Å². The number of rotatable bonds is 2. The van der Waals surface area contributed by atoms with Crippen molar-refractivity contribution in [3.8, 4) is 0 Å². The van der Waals surface area contributed by atoms with E-state index in [9.17, 15) is 4.79 Å². The highest BCUT2D eigenvalue weighted by atomic mass is 35.5. The minimum absolute atomic E-state index is 0. The average Bonchev–Trinajstić information content (AvgIpc) is 1.65. The van der Waals surface area contributed by atoms with Crippen LogP contribution in [0.2, 0.25) is 0 Å². The molecule has 8 heavy (non-hydrogen) atoms. The molecule has 3 nitrogen and oxygen atoms in total. The molecule has 0 aliphatic heterocycles. The van der Waals surface area contributed by atoms with Gasteiger partial charge in [0.05, 0.1) is 6.04 Å². The van der Waals surface area contributed by atoms with Crippen LogP contribution in [0.3, 0.4) is 0 Å². The van der Waals surface area contributed by atoms with E-state index in [1.807, 2.05) is 0 Å². The van der Waals surface area contributed by atoms with Gasteiger partial charge in [-0.25, -0.2) is 0 Å². The lowest BCUT2D eigenvalue weighted by atomic mass is 10.4. The minimum Gasteiger partial charge on any atom is -0.368 e. The molecule has 0 saturated heterocycles. The van der Waals surface area contributed by atoms with Gasteiger partial charge in [-0.2, -0.15) is 12.6 Å². The zero-order chi connectivity index (χ0) is 5.86. The lowest BCUT2D eigenvalue weighted by molar-refractivity contribution is -0.118. The van der Waals surface area contributed by atoms with Gasteiger partial charge in [0.2, 0.25) is 5.91 Å². The molecule has 0 aliphatic carbocycles. The molecule has 0 heterocycles. The summed E-state index contributed by atoms with van der Waals surface area (Å²) in [7, 11) is 0. The van der Waals surface area contributed by atoms with Crippen molar-refractivity contribution < 1.29 is 4.79 Å². The normalized spacial score (nSPS) is 11.8. The first-order valence-electron chi connectivity index (χ1n) is 1.84. The highest BCUT2D eigenvalue weighted by Gasteiger charge is 2.03. The summed E-state index contributed by atoms with van der Waals surface area (Å²) in [5.74, 6) is -0.190. The van der Waals surface area contributed by atoms with Crippen LogP contribution in [0.5, 0.6) is 0 Å². The van der Waals surface area contributed by atoms with Gasteiger partial charge in [0.25, 0.3) is 0 Å². The summed E-state index contributed by atoms with van der Waals surface area (Å²) in [6.45, 7) is 0. The van der Waals surface area contributed by atoms with Crippen LogP contribution in [0, 0.1) is 0 Å². The lowest BCUT2D eigenvalue weighted by Gasteiger charge is -1.98. The van der Waals surface area contributed by atoms with Crippen LogP contribution in [-0.2, 0) is 4.79 Å². The Balaban J connectivity index is 0. The molecule has 0 aromatic heterocycles. The number of halogens is 1. The minimum atomic E-state index is -0.594. The lowest BCUT2D eigenvalue weighted by Crippen LogP contribution is -2.37. The largest absolute Gasteiger partial charge is 0.368 e. The monoisotopic (exact) mass is 156 g/mol. The second kappa shape index (κ2) is 5.21. The molecule has 0 aromatic rings. The Morgan fingerprint density at radius 2 is 2.12 bits per heavy atom. The summed E-state index contributed by atoms with van der Waals surface area (Å²) < 4.78 is 0. The van der Waals surface area contributed by atoms with Crippen molar-refractivity contribution in [3.63, 3.8) is 0 Å². The first kappa shape index (κ1) is 10.9. The van der Waals surface area contributed by atoms with Gasteiger partial charge in [-0.05, 0) is 0 Å². The maximum absolute atomic E-state index is 9.98. The highest BCUT2D eigenvalue weighted by molar-refractivity contribution is 7.80. The van der Waals surface area contributed by atoms with Crippen LogP contribution in [0.1, 0.15) is 0 Å². The molecule has 0 radical (unpaired) electrons. The fourth-order valence-electron chi connectivity index (χ4n) is 0.0900. The summed E-state index contributed by atoms with van der Waals surface area (Å²) in [5, 5.41) is 0. The van der Waals surface area contributed by atoms with E-state index >= 15 is 0 Å². The molecule has 5 heteroatoms. The maximum Gasteiger partial charge on any atom is 0.235 e. The Kier molecular flexibility index (Phi) is 7.13. The Labute approximate surface area is 59.6 Å². The van der Waals surface area contributed by atoms with Gasteiger partial charge in [0, 0.05) is 5.75 Å². The molecule has 0 saturated carbocycles. The zero-order valence-corrected chi connectivity index (χ0v) is 5.91. The molecular weight excluding hydrogens is 148 g/mol. The number of hydrogen-bond donors (Lipinski definition) is 3. The van der Waals surface area contributed by atoms with Gasteiger partial charge in [0.1, 0.15) is 0 Å². The molecule has 4 N–H and O–H groups in total. The molecule has 0 bridgehead atoms. The molecule has 0 rings (SSSR count). The molecule has 0 aromatic carbocycles. The van der Waals surface area contributed by atoms with Crippen LogP contribution >= 0.6 is 25.0 Å². The fraction of sp³-hybridized carbons (Fsp3) is 0.667. The number of amides is 1. The molecule has 0 spiro atoms. The van der Waals surface area contributed by atoms with Gasteiger partial charge >= 0.3 is 0 Å². The third-order valence-electron chi connectivity index (χ3n) is 0.562. The summed E-state index contributed by atoms with van der Waals surface area (Å²) in [5.41, 5.74) is 9.80. The summed E-state index contributed by atoms with van der Waals surface area (Å²) in [4.78, 5) is 9.98. The van der Waals surface area contributed by atoms with Crippen molar-refractivity contribution in [2.75, 3.05) is 5.75 Å². The summed E-state index contributed by atoms with van der Waals surface area (Å²) >= 11 is 3.73. The number of carbonyl (C=O) groups is 1. The molecule has 50 valence electrons. The van der Waals surface area contributed by atoms with Crippen molar-refractivity contribution in [2.24, 2.45) is 11.5 Å². The van der Waals surface area contributed by atoms with Crippen LogP contribution in [0.15, 0.2) is 0 Å². The fourth-order valence-corrected chi connectivity index (χ4v) is 0.270. The second-order valence-electron chi connectivity index (χ2n) is 1.19. The Morgan fingerprint density at radius 3 is 2.12 bits per heavy atom.